The van der Waals surface area contributed by atoms with Crippen LogP contribution in [-0.4, -0.2) is 13.1 Å². The first-order chi connectivity index (χ1) is 10.2. The van der Waals surface area contributed by atoms with Gasteiger partial charge in [-0.2, -0.15) is 0 Å². The molecule has 0 aliphatic carbocycles. The van der Waals surface area contributed by atoms with Crippen LogP contribution in [0.3, 0.4) is 0 Å². The van der Waals surface area contributed by atoms with Gasteiger partial charge in [-0.1, -0.05) is 48.9 Å². The maximum absolute atomic E-state index is 13.4. The molecule has 0 aliphatic rings. The highest BCUT2D eigenvalue weighted by atomic mass is 19.1. The quantitative estimate of drug-likeness (QED) is 0.741. The highest BCUT2D eigenvalue weighted by Gasteiger charge is 2.12. The van der Waals surface area contributed by atoms with Gasteiger partial charge >= 0.3 is 0 Å². The Kier molecular flexibility index (Phi) is 5.94. The Bertz CT molecular complexity index is 548. The van der Waals surface area contributed by atoms with Gasteiger partial charge in [0.1, 0.15) is 5.82 Å². The predicted octanol–water partition coefficient (Wildman–Crippen LogP) is 4.46. The average molecular weight is 285 g/mol. The number of nitrogens with one attached hydrogen (secondary N) is 1. The van der Waals surface area contributed by atoms with Crippen LogP contribution in [0, 0.1) is 12.7 Å². The molecule has 112 valence electrons. The topological polar surface area (TPSA) is 12.0 Å². The summed E-state index contributed by atoms with van der Waals surface area (Å²) in [6.07, 6.45) is 1.98. The fraction of sp³-hybridized carbons (Fsp3) is 0.368. The smallest absolute Gasteiger partial charge is 0.123 e. The van der Waals surface area contributed by atoms with Gasteiger partial charge in [0.15, 0.2) is 0 Å². The van der Waals surface area contributed by atoms with E-state index in [1.807, 2.05) is 6.07 Å². The summed E-state index contributed by atoms with van der Waals surface area (Å²) in [5.41, 5.74) is 3.64. The molecule has 1 N–H and O–H groups in total. The molecule has 1 unspecified atom stereocenters. The lowest BCUT2D eigenvalue weighted by Gasteiger charge is -2.18. The molecule has 0 spiro atoms. The molecule has 0 saturated heterocycles. The third-order valence-corrected chi connectivity index (χ3v) is 3.74. The van der Waals surface area contributed by atoms with E-state index >= 15 is 0 Å². The van der Waals surface area contributed by atoms with E-state index in [0.29, 0.717) is 5.92 Å². The van der Waals surface area contributed by atoms with Gasteiger partial charge in [0.25, 0.3) is 0 Å². The third-order valence-electron chi connectivity index (χ3n) is 3.74. The number of benzene rings is 2. The van der Waals surface area contributed by atoms with Gasteiger partial charge in [-0.15, -0.1) is 0 Å². The van der Waals surface area contributed by atoms with Crippen molar-refractivity contribution in [3.05, 3.63) is 71.0 Å². The summed E-state index contributed by atoms with van der Waals surface area (Å²) in [6, 6.07) is 15.6. The zero-order chi connectivity index (χ0) is 15.1. The molecule has 0 amide bonds. The Morgan fingerprint density at radius 2 is 1.86 bits per heavy atom. The van der Waals surface area contributed by atoms with Crippen LogP contribution < -0.4 is 5.32 Å². The Hall–Kier alpha value is -1.67. The second kappa shape index (κ2) is 7.94. The van der Waals surface area contributed by atoms with E-state index in [9.17, 15) is 4.39 Å². The van der Waals surface area contributed by atoms with E-state index in [2.05, 4.69) is 43.4 Å². The Morgan fingerprint density at radius 1 is 1.10 bits per heavy atom. The lowest BCUT2D eigenvalue weighted by atomic mass is 9.91. The highest BCUT2D eigenvalue weighted by molar-refractivity contribution is 5.27. The standard InChI is InChI=1S/C19H24FN/c1-3-11-21-14-18(17-9-7-15(2)8-10-17)12-16-5-4-6-19(20)13-16/h4-10,13,18,21H,3,11-12,14H2,1-2H3. The van der Waals surface area contributed by atoms with Crippen LogP contribution in [0.15, 0.2) is 48.5 Å². The third kappa shape index (κ3) is 4.98. The molecule has 1 nitrogen and oxygen atoms in total. The van der Waals surface area contributed by atoms with Crippen LogP contribution in [0.4, 0.5) is 4.39 Å². The van der Waals surface area contributed by atoms with Gasteiger partial charge in [0.05, 0.1) is 0 Å². The van der Waals surface area contributed by atoms with E-state index in [-0.39, 0.29) is 5.82 Å². The number of aryl methyl sites for hydroxylation is 1. The van der Waals surface area contributed by atoms with Crippen LogP contribution in [-0.2, 0) is 6.42 Å². The number of hydrogen-bond acceptors (Lipinski definition) is 1. The lowest BCUT2D eigenvalue weighted by Crippen LogP contribution is -2.23. The van der Waals surface area contributed by atoms with Crippen molar-refractivity contribution in [2.45, 2.75) is 32.6 Å². The fourth-order valence-electron chi connectivity index (χ4n) is 2.55. The molecule has 0 saturated carbocycles. The second-order valence-corrected chi connectivity index (χ2v) is 5.65. The molecule has 0 aliphatic heterocycles. The van der Waals surface area contributed by atoms with E-state index in [4.69, 9.17) is 0 Å². The summed E-state index contributed by atoms with van der Waals surface area (Å²) in [4.78, 5) is 0. The Labute approximate surface area is 127 Å². The van der Waals surface area contributed by atoms with Gasteiger partial charge in [-0.05, 0) is 49.6 Å². The SMILES string of the molecule is CCCNCC(Cc1cccc(F)c1)c1ccc(C)cc1. The van der Waals surface area contributed by atoms with Crippen LogP contribution in [0.25, 0.3) is 0 Å². The monoisotopic (exact) mass is 285 g/mol. The van der Waals surface area contributed by atoms with Crippen molar-refractivity contribution >= 4 is 0 Å². The van der Waals surface area contributed by atoms with Crippen LogP contribution >= 0.6 is 0 Å². The van der Waals surface area contributed by atoms with Gasteiger partial charge in [-0.3, -0.25) is 0 Å². The molecule has 21 heavy (non-hydrogen) atoms. The maximum Gasteiger partial charge on any atom is 0.123 e. The highest BCUT2D eigenvalue weighted by Crippen LogP contribution is 2.21. The molecule has 2 rings (SSSR count). The van der Waals surface area contributed by atoms with Gasteiger partial charge in [0, 0.05) is 12.5 Å². The molecule has 0 aromatic heterocycles. The van der Waals surface area contributed by atoms with Crippen molar-refractivity contribution in [3.63, 3.8) is 0 Å². The Balaban J connectivity index is 2.13. The number of hydrogen-bond donors (Lipinski definition) is 1. The average Bonchev–Trinajstić information content (AvgIpc) is 2.47. The van der Waals surface area contributed by atoms with E-state index in [0.717, 1.165) is 31.5 Å². The summed E-state index contributed by atoms with van der Waals surface area (Å²) in [7, 11) is 0. The molecule has 2 aromatic carbocycles. The zero-order valence-electron chi connectivity index (χ0n) is 12.9. The fourth-order valence-corrected chi connectivity index (χ4v) is 2.55. The van der Waals surface area contributed by atoms with Crippen molar-refractivity contribution in [3.8, 4) is 0 Å². The molecule has 2 heteroatoms. The van der Waals surface area contributed by atoms with Crippen molar-refractivity contribution in [2.24, 2.45) is 0 Å². The van der Waals surface area contributed by atoms with Gasteiger partial charge in [-0.25, -0.2) is 4.39 Å². The predicted molar refractivity (Wildman–Crippen MR) is 87.2 cm³/mol. The largest absolute Gasteiger partial charge is 0.316 e. The summed E-state index contributed by atoms with van der Waals surface area (Å²) < 4.78 is 13.4. The van der Waals surface area contributed by atoms with Crippen LogP contribution in [0.5, 0.6) is 0 Å². The minimum absolute atomic E-state index is 0.156. The van der Waals surface area contributed by atoms with Gasteiger partial charge in [0.2, 0.25) is 0 Å². The van der Waals surface area contributed by atoms with E-state index in [1.54, 1.807) is 12.1 Å². The van der Waals surface area contributed by atoms with Crippen molar-refractivity contribution in [2.75, 3.05) is 13.1 Å². The van der Waals surface area contributed by atoms with E-state index in [1.165, 1.54) is 17.2 Å². The second-order valence-electron chi connectivity index (χ2n) is 5.65. The van der Waals surface area contributed by atoms with Gasteiger partial charge < -0.3 is 5.32 Å². The number of halogens is 1. The maximum atomic E-state index is 13.4. The molecule has 0 fully saturated rings. The summed E-state index contributed by atoms with van der Waals surface area (Å²) >= 11 is 0. The molecule has 0 radical (unpaired) electrons. The first-order valence-corrected chi connectivity index (χ1v) is 7.70. The minimum atomic E-state index is -0.156. The summed E-state index contributed by atoms with van der Waals surface area (Å²) in [6.45, 7) is 6.21. The minimum Gasteiger partial charge on any atom is -0.316 e. The number of rotatable bonds is 7. The molecule has 1 atom stereocenters. The molecular weight excluding hydrogens is 261 g/mol. The summed E-state index contributed by atoms with van der Waals surface area (Å²) in [5, 5.41) is 3.49. The zero-order valence-corrected chi connectivity index (χ0v) is 12.9. The molecule has 2 aromatic rings. The molecule has 0 heterocycles. The lowest BCUT2D eigenvalue weighted by molar-refractivity contribution is 0.573. The first-order valence-electron chi connectivity index (χ1n) is 7.70. The normalized spacial score (nSPS) is 12.3. The van der Waals surface area contributed by atoms with Crippen molar-refractivity contribution < 1.29 is 4.39 Å². The van der Waals surface area contributed by atoms with Crippen molar-refractivity contribution in [1.82, 2.24) is 5.32 Å². The van der Waals surface area contributed by atoms with E-state index < -0.39 is 0 Å². The molecule has 0 bridgehead atoms. The summed E-state index contributed by atoms with van der Waals surface area (Å²) in [5.74, 6) is 0.218. The van der Waals surface area contributed by atoms with Crippen LogP contribution in [0.2, 0.25) is 0 Å². The molecular formula is C19H24FN. The van der Waals surface area contributed by atoms with Crippen molar-refractivity contribution in [1.29, 1.82) is 0 Å². The van der Waals surface area contributed by atoms with Crippen LogP contribution in [0.1, 0.15) is 36.0 Å². The Morgan fingerprint density at radius 3 is 2.52 bits per heavy atom. The first kappa shape index (κ1) is 15.7.